The Morgan fingerprint density at radius 3 is 2.75 bits per heavy atom. The van der Waals surface area contributed by atoms with Crippen molar-refractivity contribution >= 4 is 5.82 Å². The minimum atomic E-state index is 0.946. The van der Waals surface area contributed by atoms with E-state index in [0.717, 1.165) is 25.2 Å². The second kappa shape index (κ2) is 5.83. The molecule has 3 nitrogen and oxygen atoms in total. The zero-order chi connectivity index (χ0) is 11.2. The Morgan fingerprint density at radius 1 is 1.12 bits per heavy atom. The number of nitrogens with zero attached hydrogens (tertiary/aromatic N) is 2. The number of hydrogen-bond acceptors (Lipinski definition) is 3. The first-order valence-corrected chi connectivity index (χ1v) is 6.49. The van der Waals surface area contributed by atoms with Gasteiger partial charge >= 0.3 is 0 Å². The molecule has 0 amide bonds. The number of rotatable bonds is 3. The van der Waals surface area contributed by atoms with Crippen molar-refractivity contribution in [1.82, 2.24) is 10.2 Å². The van der Waals surface area contributed by atoms with Crippen LogP contribution in [-0.2, 0) is 12.8 Å². The van der Waals surface area contributed by atoms with E-state index in [-0.39, 0.29) is 0 Å². The van der Waals surface area contributed by atoms with Crippen molar-refractivity contribution < 1.29 is 0 Å². The summed E-state index contributed by atoms with van der Waals surface area (Å²) >= 11 is 0. The topological polar surface area (TPSA) is 37.8 Å². The molecule has 0 fully saturated rings. The highest BCUT2D eigenvalue weighted by atomic mass is 15.2. The van der Waals surface area contributed by atoms with E-state index < -0.39 is 0 Å². The van der Waals surface area contributed by atoms with E-state index in [1.165, 1.54) is 43.4 Å². The zero-order valence-corrected chi connectivity index (χ0v) is 10.1. The first kappa shape index (κ1) is 11.4. The van der Waals surface area contributed by atoms with E-state index in [4.69, 9.17) is 0 Å². The lowest BCUT2D eigenvalue weighted by molar-refractivity contribution is 0.603. The summed E-state index contributed by atoms with van der Waals surface area (Å²) in [4.78, 5) is 0. The molecular weight excluding hydrogens is 198 g/mol. The molecule has 0 aromatic carbocycles. The third-order valence-corrected chi connectivity index (χ3v) is 3.13. The van der Waals surface area contributed by atoms with Gasteiger partial charge < -0.3 is 5.32 Å². The molecule has 0 radical (unpaired) electrons. The van der Waals surface area contributed by atoms with Crippen LogP contribution in [0.25, 0.3) is 0 Å². The number of hydrogen-bond donors (Lipinski definition) is 1. The lowest BCUT2D eigenvalue weighted by Crippen LogP contribution is -2.08. The van der Waals surface area contributed by atoms with Crippen molar-refractivity contribution in [1.29, 1.82) is 0 Å². The molecular formula is C13H21N3. The summed E-state index contributed by atoms with van der Waals surface area (Å²) in [5.74, 6) is 0.946. The van der Waals surface area contributed by atoms with Crippen molar-refractivity contribution in [2.75, 3.05) is 11.9 Å². The van der Waals surface area contributed by atoms with Gasteiger partial charge in [0.1, 0.15) is 5.82 Å². The predicted molar refractivity (Wildman–Crippen MR) is 66.7 cm³/mol. The quantitative estimate of drug-likeness (QED) is 0.849. The summed E-state index contributed by atoms with van der Waals surface area (Å²) in [6, 6.07) is 2.20. The van der Waals surface area contributed by atoms with E-state index >= 15 is 0 Å². The van der Waals surface area contributed by atoms with Gasteiger partial charge in [0, 0.05) is 6.54 Å². The van der Waals surface area contributed by atoms with Gasteiger partial charge in [-0.15, -0.1) is 5.10 Å². The summed E-state index contributed by atoms with van der Waals surface area (Å²) in [6.45, 7) is 3.14. The number of anilines is 1. The smallest absolute Gasteiger partial charge is 0.148 e. The lowest BCUT2D eigenvalue weighted by Gasteiger charge is -2.13. The molecule has 1 aromatic heterocycles. The lowest BCUT2D eigenvalue weighted by atomic mass is 9.98. The van der Waals surface area contributed by atoms with Crippen LogP contribution >= 0.6 is 0 Å². The Labute approximate surface area is 97.7 Å². The molecule has 1 aromatic rings. The van der Waals surface area contributed by atoms with E-state index in [0.29, 0.717) is 0 Å². The highest BCUT2D eigenvalue weighted by Gasteiger charge is 2.09. The van der Waals surface area contributed by atoms with E-state index in [2.05, 4.69) is 28.5 Å². The Bertz CT molecular complexity index is 336. The van der Waals surface area contributed by atoms with Crippen LogP contribution in [0.5, 0.6) is 0 Å². The SMILES string of the molecule is CCCNc1cc2c(nn1)CCCCCC2. The van der Waals surface area contributed by atoms with Crippen LogP contribution in [0.1, 0.15) is 50.3 Å². The van der Waals surface area contributed by atoms with Gasteiger partial charge in [-0.05, 0) is 43.7 Å². The Kier molecular flexibility index (Phi) is 4.14. The van der Waals surface area contributed by atoms with Gasteiger partial charge in [-0.1, -0.05) is 19.8 Å². The third-order valence-electron chi connectivity index (χ3n) is 3.13. The fourth-order valence-corrected chi connectivity index (χ4v) is 2.18. The van der Waals surface area contributed by atoms with Gasteiger partial charge in [0.05, 0.1) is 5.69 Å². The number of aromatic nitrogens is 2. The molecule has 1 aliphatic carbocycles. The number of nitrogens with one attached hydrogen (secondary N) is 1. The molecule has 1 aliphatic rings. The second-order valence-electron chi connectivity index (χ2n) is 4.54. The van der Waals surface area contributed by atoms with Crippen molar-refractivity contribution in [2.45, 2.75) is 51.9 Å². The minimum Gasteiger partial charge on any atom is -0.369 e. The fraction of sp³-hybridized carbons (Fsp3) is 0.692. The van der Waals surface area contributed by atoms with Crippen LogP contribution in [0.3, 0.4) is 0 Å². The highest BCUT2D eigenvalue weighted by molar-refractivity contribution is 5.38. The van der Waals surface area contributed by atoms with Gasteiger partial charge in [-0.25, -0.2) is 0 Å². The molecule has 3 heteroatoms. The van der Waals surface area contributed by atoms with Gasteiger partial charge in [0.2, 0.25) is 0 Å². The van der Waals surface area contributed by atoms with Gasteiger partial charge in [-0.2, -0.15) is 5.10 Å². The molecule has 0 unspecified atom stereocenters. The molecule has 16 heavy (non-hydrogen) atoms. The number of aryl methyl sites for hydroxylation is 2. The largest absolute Gasteiger partial charge is 0.369 e. The summed E-state index contributed by atoms with van der Waals surface area (Å²) in [6.07, 6.45) is 8.67. The maximum atomic E-state index is 4.36. The van der Waals surface area contributed by atoms with Gasteiger partial charge in [0.25, 0.3) is 0 Å². The maximum absolute atomic E-state index is 4.36. The minimum absolute atomic E-state index is 0.946. The Morgan fingerprint density at radius 2 is 1.94 bits per heavy atom. The zero-order valence-electron chi connectivity index (χ0n) is 10.1. The summed E-state index contributed by atoms with van der Waals surface area (Å²) in [5, 5.41) is 11.9. The van der Waals surface area contributed by atoms with Crippen LogP contribution in [0.4, 0.5) is 5.82 Å². The maximum Gasteiger partial charge on any atom is 0.148 e. The van der Waals surface area contributed by atoms with Gasteiger partial charge in [0.15, 0.2) is 0 Å². The first-order chi connectivity index (χ1) is 7.90. The van der Waals surface area contributed by atoms with E-state index in [9.17, 15) is 0 Å². The molecule has 0 spiro atoms. The third kappa shape index (κ3) is 2.94. The summed E-state index contributed by atoms with van der Waals surface area (Å²) in [5.41, 5.74) is 2.63. The van der Waals surface area contributed by atoms with Gasteiger partial charge in [-0.3, -0.25) is 0 Å². The molecule has 88 valence electrons. The van der Waals surface area contributed by atoms with E-state index in [1.54, 1.807) is 0 Å². The Balaban J connectivity index is 2.11. The normalized spacial score (nSPS) is 16.1. The Hall–Kier alpha value is -1.12. The van der Waals surface area contributed by atoms with Crippen LogP contribution in [0.15, 0.2) is 6.07 Å². The molecule has 0 aliphatic heterocycles. The van der Waals surface area contributed by atoms with Crippen molar-refractivity contribution in [2.24, 2.45) is 0 Å². The highest BCUT2D eigenvalue weighted by Crippen LogP contribution is 2.19. The van der Waals surface area contributed by atoms with Crippen LogP contribution in [-0.4, -0.2) is 16.7 Å². The summed E-state index contributed by atoms with van der Waals surface area (Å²) < 4.78 is 0. The van der Waals surface area contributed by atoms with E-state index in [1.807, 2.05) is 0 Å². The average molecular weight is 219 g/mol. The molecule has 0 saturated heterocycles. The molecule has 0 bridgehead atoms. The molecule has 1 N–H and O–H groups in total. The van der Waals surface area contributed by atoms with Crippen molar-refractivity contribution in [3.8, 4) is 0 Å². The fourth-order valence-electron chi connectivity index (χ4n) is 2.18. The van der Waals surface area contributed by atoms with Crippen LogP contribution in [0.2, 0.25) is 0 Å². The molecule has 2 rings (SSSR count). The summed E-state index contributed by atoms with van der Waals surface area (Å²) in [7, 11) is 0. The number of fused-ring (bicyclic) bond motifs is 1. The molecule has 0 atom stereocenters. The second-order valence-corrected chi connectivity index (χ2v) is 4.54. The molecule has 1 heterocycles. The molecule has 0 saturated carbocycles. The average Bonchev–Trinajstić information content (AvgIpc) is 2.28. The monoisotopic (exact) mass is 219 g/mol. The van der Waals surface area contributed by atoms with Crippen molar-refractivity contribution in [3.05, 3.63) is 17.3 Å². The first-order valence-electron chi connectivity index (χ1n) is 6.49. The standard InChI is InChI=1S/C13H21N3/c1-2-9-14-13-10-11-7-5-3-4-6-8-12(11)15-16-13/h10H,2-9H2,1H3,(H,14,16). The predicted octanol–water partition coefficient (Wildman–Crippen LogP) is 2.96. The van der Waals surface area contributed by atoms with Crippen LogP contribution < -0.4 is 5.32 Å². The van der Waals surface area contributed by atoms with Crippen LogP contribution in [0, 0.1) is 0 Å². The van der Waals surface area contributed by atoms with Crippen molar-refractivity contribution in [3.63, 3.8) is 0 Å².